The maximum absolute atomic E-state index is 13.7. The molecule has 6 heteroatoms. The summed E-state index contributed by atoms with van der Waals surface area (Å²) >= 11 is 0. The Labute approximate surface area is 111 Å². The summed E-state index contributed by atoms with van der Waals surface area (Å²) in [5, 5.41) is 17.0. The van der Waals surface area contributed by atoms with Crippen LogP contribution in [0.3, 0.4) is 0 Å². The summed E-state index contributed by atoms with van der Waals surface area (Å²) in [4.78, 5) is 9.93. The summed E-state index contributed by atoms with van der Waals surface area (Å²) in [5.74, 6) is -0.583. The lowest BCUT2D eigenvalue weighted by molar-refractivity contribution is -0.385. The van der Waals surface area contributed by atoms with E-state index in [2.05, 4.69) is 10.6 Å². The molecule has 0 aliphatic carbocycles. The number of nitrogens with one attached hydrogen (secondary N) is 2. The van der Waals surface area contributed by atoms with Crippen LogP contribution in [0.1, 0.15) is 26.2 Å². The third-order valence-corrected chi connectivity index (χ3v) is 3.37. The van der Waals surface area contributed by atoms with Gasteiger partial charge in [0, 0.05) is 18.2 Å². The molecule has 1 aromatic rings. The fourth-order valence-corrected chi connectivity index (χ4v) is 2.44. The third kappa shape index (κ3) is 3.64. The molecule has 0 radical (unpaired) electrons. The molecular weight excluding hydrogens is 249 g/mol. The van der Waals surface area contributed by atoms with Crippen molar-refractivity contribution in [3.63, 3.8) is 0 Å². The van der Waals surface area contributed by atoms with E-state index in [0.717, 1.165) is 25.5 Å². The molecule has 2 unspecified atom stereocenters. The third-order valence-electron chi connectivity index (χ3n) is 3.37. The van der Waals surface area contributed by atoms with Gasteiger partial charge in [0.05, 0.1) is 16.7 Å². The normalized spacial score (nSPS) is 20.2. The van der Waals surface area contributed by atoms with Gasteiger partial charge in [-0.2, -0.15) is 0 Å². The van der Waals surface area contributed by atoms with Gasteiger partial charge in [-0.3, -0.25) is 10.1 Å². The zero-order valence-corrected chi connectivity index (χ0v) is 10.9. The van der Waals surface area contributed by atoms with Crippen LogP contribution in [-0.2, 0) is 0 Å². The van der Waals surface area contributed by atoms with E-state index in [4.69, 9.17) is 0 Å². The smallest absolute Gasteiger partial charge is 0.272 e. The van der Waals surface area contributed by atoms with E-state index in [0.29, 0.717) is 11.7 Å². The molecule has 1 heterocycles. The van der Waals surface area contributed by atoms with Gasteiger partial charge in [0.2, 0.25) is 0 Å². The molecular formula is C13H18FN3O2. The Hall–Kier alpha value is -1.69. The van der Waals surface area contributed by atoms with Gasteiger partial charge < -0.3 is 10.6 Å². The van der Waals surface area contributed by atoms with Gasteiger partial charge in [-0.15, -0.1) is 0 Å². The van der Waals surface area contributed by atoms with Crippen molar-refractivity contribution < 1.29 is 9.31 Å². The number of nitrogens with zero attached hydrogens (tertiary/aromatic N) is 1. The van der Waals surface area contributed by atoms with Crippen molar-refractivity contribution in [3.8, 4) is 0 Å². The number of hydrogen-bond donors (Lipinski definition) is 2. The minimum atomic E-state index is -0.598. The Morgan fingerprint density at radius 2 is 2.42 bits per heavy atom. The maximum Gasteiger partial charge on any atom is 0.272 e. The Morgan fingerprint density at radius 1 is 1.63 bits per heavy atom. The quantitative estimate of drug-likeness (QED) is 0.635. The zero-order valence-electron chi connectivity index (χ0n) is 10.9. The average Bonchev–Trinajstić information content (AvgIpc) is 2.84. The van der Waals surface area contributed by atoms with E-state index in [1.165, 1.54) is 18.6 Å². The van der Waals surface area contributed by atoms with E-state index in [1.807, 2.05) is 6.92 Å². The second-order valence-electron chi connectivity index (χ2n) is 5.00. The van der Waals surface area contributed by atoms with Gasteiger partial charge in [-0.1, -0.05) is 0 Å². The number of hydrogen-bond acceptors (Lipinski definition) is 4. The average molecular weight is 267 g/mol. The monoisotopic (exact) mass is 267 g/mol. The standard InChI is InChI=1S/C13H18FN3O2/c1-9(7-10-3-2-6-15-10)16-13-5-4-11(17(18)19)8-12(13)14/h4-5,8-10,15-16H,2-3,6-7H2,1H3. The number of benzene rings is 1. The Balaban J connectivity index is 1.96. The summed E-state index contributed by atoms with van der Waals surface area (Å²) < 4.78 is 13.7. The van der Waals surface area contributed by atoms with E-state index in [9.17, 15) is 14.5 Å². The SMILES string of the molecule is CC(CC1CCCN1)Nc1ccc([N+](=O)[O-])cc1F. The van der Waals surface area contributed by atoms with E-state index in [-0.39, 0.29) is 11.7 Å². The van der Waals surface area contributed by atoms with E-state index >= 15 is 0 Å². The highest BCUT2D eigenvalue weighted by molar-refractivity contribution is 5.50. The van der Waals surface area contributed by atoms with Crippen LogP contribution in [0.2, 0.25) is 0 Å². The molecule has 0 bridgehead atoms. The van der Waals surface area contributed by atoms with Crippen LogP contribution in [0.25, 0.3) is 0 Å². The predicted octanol–water partition coefficient (Wildman–Crippen LogP) is 2.68. The lowest BCUT2D eigenvalue weighted by Gasteiger charge is -2.19. The van der Waals surface area contributed by atoms with Crippen molar-refractivity contribution in [1.29, 1.82) is 0 Å². The Kier molecular flexibility index (Phi) is 4.31. The Bertz CT molecular complexity index is 461. The van der Waals surface area contributed by atoms with Crippen LogP contribution >= 0.6 is 0 Å². The topological polar surface area (TPSA) is 67.2 Å². The predicted molar refractivity (Wildman–Crippen MR) is 71.8 cm³/mol. The van der Waals surface area contributed by atoms with Crippen LogP contribution in [-0.4, -0.2) is 23.6 Å². The van der Waals surface area contributed by atoms with Crippen molar-refractivity contribution in [2.75, 3.05) is 11.9 Å². The minimum absolute atomic E-state index is 0.117. The summed E-state index contributed by atoms with van der Waals surface area (Å²) in [6.07, 6.45) is 3.24. The molecule has 1 aliphatic rings. The largest absolute Gasteiger partial charge is 0.380 e. The fraction of sp³-hybridized carbons (Fsp3) is 0.538. The van der Waals surface area contributed by atoms with E-state index < -0.39 is 10.7 Å². The molecule has 0 amide bonds. The number of non-ortho nitro benzene ring substituents is 1. The number of anilines is 1. The highest BCUT2D eigenvalue weighted by atomic mass is 19.1. The van der Waals surface area contributed by atoms with Gasteiger partial charge >= 0.3 is 0 Å². The molecule has 104 valence electrons. The molecule has 1 fully saturated rings. The summed E-state index contributed by atoms with van der Waals surface area (Å²) in [5.41, 5.74) is 0.0873. The van der Waals surface area contributed by atoms with Crippen molar-refractivity contribution in [1.82, 2.24) is 5.32 Å². The molecule has 5 nitrogen and oxygen atoms in total. The molecule has 1 aliphatic heterocycles. The van der Waals surface area contributed by atoms with Gasteiger partial charge in [0.1, 0.15) is 0 Å². The molecule has 0 saturated carbocycles. The summed E-state index contributed by atoms with van der Waals surface area (Å²) in [7, 11) is 0. The zero-order chi connectivity index (χ0) is 13.8. The number of nitro benzene ring substituents is 1. The molecule has 19 heavy (non-hydrogen) atoms. The van der Waals surface area contributed by atoms with E-state index in [1.54, 1.807) is 0 Å². The van der Waals surface area contributed by atoms with Gasteiger partial charge in [-0.25, -0.2) is 4.39 Å². The second kappa shape index (κ2) is 5.97. The highest BCUT2D eigenvalue weighted by Crippen LogP contribution is 2.22. The first-order valence-corrected chi connectivity index (χ1v) is 6.50. The lowest BCUT2D eigenvalue weighted by atomic mass is 10.1. The first-order chi connectivity index (χ1) is 9.06. The van der Waals surface area contributed by atoms with Crippen molar-refractivity contribution in [2.45, 2.75) is 38.3 Å². The highest BCUT2D eigenvalue weighted by Gasteiger charge is 2.18. The minimum Gasteiger partial charge on any atom is -0.380 e. The number of rotatable bonds is 5. The van der Waals surface area contributed by atoms with Crippen LogP contribution < -0.4 is 10.6 Å². The fourth-order valence-electron chi connectivity index (χ4n) is 2.44. The van der Waals surface area contributed by atoms with Crippen molar-refractivity contribution >= 4 is 11.4 Å². The number of halogens is 1. The first-order valence-electron chi connectivity index (χ1n) is 6.50. The van der Waals surface area contributed by atoms with Gasteiger partial charge in [0.15, 0.2) is 5.82 Å². The molecule has 2 N–H and O–H groups in total. The summed E-state index contributed by atoms with van der Waals surface area (Å²) in [6.45, 7) is 3.03. The van der Waals surface area contributed by atoms with Crippen LogP contribution in [0, 0.1) is 15.9 Å². The van der Waals surface area contributed by atoms with Gasteiger partial charge in [-0.05, 0) is 38.8 Å². The molecule has 1 aromatic carbocycles. The molecule has 0 spiro atoms. The van der Waals surface area contributed by atoms with Crippen LogP contribution in [0.4, 0.5) is 15.8 Å². The first kappa shape index (κ1) is 13.7. The van der Waals surface area contributed by atoms with Crippen molar-refractivity contribution in [2.24, 2.45) is 0 Å². The molecule has 2 rings (SSSR count). The van der Waals surface area contributed by atoms with Crippen molar-refractivity contribution in [3.05, 3.63) is 34.1 Å². The molecule has 0 aromatic heterocycles. The Morgan fingerprint density at radius 3 is 3.00 bits per heavy atom. The number of nitro groups is 1. The lowest BCUT2D eigenvalue weighted by Crippen LogP contribution is -2.29. The van der Waals surface area contributed by atoms with Gasteiger partial charge in [0.25, 0.3) is 5.69 Å². The maximum atomic E-state index is 13.7. The van der Waals surface area contributed by atoms with Crippen LogP contribution in [0.5, 0.6) is 0 Å². The second-order valence-corrected chi connectivity index (χ2v) is 5.00. The molecule has 2 atom stereocenters. The molecule has 1 saturated heterocycles. The summed E-state index contributed by atoms with van der Waals surface area (Å²) in [6, 6.07) is 4.27. The van der Waals surface area contributed by atoms with Crippen LogP contribution in [0.15, 0.2) is 18.2 Å².